The van der Waals surface area contributed by atoms with Crippen molar-refractivity contribution in [1.29, 1.82) is 0 Å². The van der Waals surface area contributed by atoms with Crippen molar-refractivity contribution in [3.05, 3.63) is 66.0 Å². The molecule has 0 N–H and O–H groups in total. The van der Waals surface area contributed by atoms with Crippen molar-refractivity contribution in [2.75, 3.05) is 33.9 Å². The lowest BCUT2D eigenvalue weighted by Crippen LogP contribution is -2.38. The summed E-state index contributed by atoms with van der Waals surface area (Å²) in [5, 5.41) is 0. The van der Waals surface area contributed by atoms with Gasteiger partial charge >= 0.3 is 0 Å². The molecule has 0 aliphatic carbocycles. The Labute approximate surface area is 166 Å². The van der Waals surface area contributed by atoms with Crippen LogP contribution in [0.1, 0.15) is 23.6 Å². The minimum atomic E-state index is -0.380. The van der Waals surface area contributed by atoms with Crippen molar-refractivity contribution >= 4 is 11.8 Å². The highest BCUT2D eigenvalue weighted by Gasteiger charge is 2.45. The number of hydrogen-bond donors (Lipinski definition) is 0. The first kappa shape index (κ1) is 20.0. The third-order valence-electron chi connectivity index (χ3n) is 5.29. The number of carbonyl (C=O) groups is 2. The lowest BCUT2D eigenvalue weighted by atomic mass is 9.92. The smallest absolute Gasteiger partial charge is 0.228 e. The van der Waals surface area contributed by atoms with Gasteiger partial charge in [-0.1, -0.05) is 30.3 Å². The van der Waals surface area contributed by atoms with Crippen molar-refractivity contribution < 1.29 is 14.3 Å². The average molecular weight is 381 g/mol. The molecule has 28 heavy (non-hydrogen) atoms. The fourth-order valence-electron chi connectivity index (χ4n) is 3.77. The number of likely N-dealkylation sites (tertiary alicyclic amines) is 1. The number of hydrogen-bond acceptors (Lipinski definition) is 4. The fraction of sp³-hybridized carbons (Fsp3) is 0.409. The zero-order valence-corrected chi connectivity index (χ0v) is 16.5. The summed E-state index contributed by atoms with van der Waals surface area (Å²) in [5.74, 6) is -0.364. The molecule has 1 fully saturated rings. The number of rotatable bonds is 8. The zero-order valence-electron chi connectivity index (χ0n) is 16.5. The minimum absolute atomic E-state index is 0.00628. The molecule has 1 saturated heterocycles. The third kappa shape index (κ3) is 4.57. The maximum Gasteiger partial charge on any atom is 0.228 e. The van der Waals surface area contributed by atoms with E-state index in [1.54, 1.807) is 29.3 Å². The van der Waals surface area contributed by atoms with Crippen molar-refractivity contribution in [3.63, 3.8) is 0 Å². The van der Waals surface area contributed by atoms with E-state index in [9.17, 15) is 9.59 Å². The van der Waals surface area contributed by atoms with Gasteiger partial charge in [-0.2, -0.15) is 0 Å². The van der Waals surface area contributed by atoms with Crippen LogP contribution < -0.4 is 0 Å². The van der Waals surface area contributed by atoms with Gasteiger partial charge in [0.15, 0.2) is 0 Å². The SMILES string of the molecule is COCCN1C(=O)C[C@@H](C(=O)N(C)CCc2ccncc2)[C@@H]1c1ccccc1. The van der Waals surface area contributed by atoms with Crippen molar-refractivity contribution in [2.45, 2.75) is 18.9 Å². The van der Waals surface area contributed by atoms with Gasteiger partial charge in [0.05, 0.1) is 18.6 Å². The molecule has 0 radical (unpaired) electrons. The predicted octanol–water partition coefficient (Wildman–Crippen LogP) is 2.32. The summed E-state index contributed by atoms with van der Waals surface area (Å²) >= 11 is 0. The first-order valence-corrected chi connectivity index (χ1v) is 9.59. The molecule has 1 aliphatic rings. The summed E-state index contributed by atoms with van der Waals surface area (Å²) in [6.07, 6.45) is 4.51. The maximum atomic E-state index is 13.2. The zero-order chi connectivity index (χ0) is 19.9. The molecule has 2 atom stereocenters. The molecule has 2 aromatic rings. The van der Waals surface area contributed by atoms with Crippen LogP contribution in [0.4, 0.5) is 0 Å². The lowest BCUT2D eigenvalue weighted by molar-refractivity contribution is -0.135. The molecule has 1 aromatic carbocycles. The van der Waals surface area contributed by atoms with Gasteiger partial charge in [0.1, 0.15) is 0 Å². The van der Waals surface area contributed by atoms with Crippen LogP contribution in [-0.4, -0.2) is 60.5 Å². The molecule has 0 saturated carbocycles. The lowest BCUT2D eigenvalue weighted by Gasteiger charge is -2.30. The Morgan fingerprint density at radius 3 is 2.61 bits per heavy atom. The molecule has 148 valence electrons. The number of likely N-dealkylation sites (N-methyl/N-ethyl adjacent to an activating group) is 1. The second-order valence-electron chi connectivity index (χ2n) is 7.11. The van der Waals surface area contributed by atoms with Gasteiger partial charge in [0.25, 0.3) is 0 Å². The van der Waals surface area contributed by atoms with Gasteiger partial charge in [-0.05, 0) is 29.7 Å². The van der Waals surface area contributed by atoms with Gasteiger partial charge in [-0.25, -0.2) is 0 Å². The Morgan fingerprint density at radius 2 is 1.93 bits per heavy atom. The van der Waals surface area contributed by atoms with Crippen LogP contribution in [0.25, 0.3) is 0 Å². The summed E-state index contributed by atoms with van der Waals surface area (Å²) in [6.45, 7) is 1.54. The van der Waals surface area contributed by atoms with Crippen molar-refractivity contribution in [2.24, 2.45) is 5.92 Å². The Bertz CT molecular complexity index is 782. The van der Waals surface area contributed by atoms with Crippen LogP contribution in [0.2, 0.25) is 0 Å². The number of carbonyl (C=O) groups excluding carboxylic acids is 2. The largest absolute Gasteiger partial charge is 0.383 e. The van der Waals surface area contributed by atoms with E-state index in [0.717, 1.165) is 17.5 Å². The first-order valence-electron chi connectivity index (χ1n) is 9.59. The molecule has 2 heterocycles. The van der Waals surface area contributed by atoms with E-state index < -0.39 is 0 Å². The van der Waals surface area contributed by atoms with E-state index in [-0.39, 0.29) is 30.2 Å². The van der Waals surface area contributed by atoms with Crippen molar-refractivity contribution in [1.82, 2.24) is 14.8 Å². The van der Waals surface area contributed by atoms with Crippen LogP contribution in [0.5, 0.6) is 0 Å². The van der Waals surface area contributed by atoms with Crippen LogP contribution in [0.15, 0.2) is 54.9 Å². The first-order chi connectivity index (χ1) is 13.6. The van der Waals surface area contributed by atoms with Gasteiger partial charge in [0, 0.05) is 46.1 Å². The van der Waals surface area contributed by atoms with E-state index in [4.69, 9.17) is 4.74 Å². The van der Waals surface area contributed by atoms with Crippen LogP contribution in [-0.2, 0) is 20.7 Å². The quantitative estimate of drug-likeness (QED) is 0.704. The fourth-order valence-corrected chi connectivity index (χ4v) is 3.77. The Balaban J connectivity index is 1.75. The van der Waals surface area contributed by atoms with Crippen LogP contribution in [0, 0.1) is 5.92 Å². The average Bonchev–Trinajstić information content (AvgIpc) is 3.07. The molecule has 0 unspecified atom stereocenters. The second-order valence-corrected chi connectivity index (χ2v) is 7.11. The van der Waals surface area contributed by atoms with Crippen LogP contribution >= 0.6 is 0 Å². The third-order valence-corrected chi connectivity index (χ3v) is 5.29. The summed E-state index contributed by atoms with van der Waals surface area (Å²) in [6, 6.07) is 13.5. The van der Waals surface area contributed by atoms with Gasteiger partial charge in [0.2, 0.25) is 11.8 Å². The van der Waals surface area contributed by atoms with E-state index in [1.807, 2.05) is 49.5 Å². The van der Waals surface area contributed by atoms with E-state index >= 15 is 0 Å². The van der Waals surface area contributed by atoms with E-state index in [0.29, 0.717) is 19.7 Å². The molecular formula is C22H27N3O3. The molecule has 3 rings (SSSR count). The number of pyridine rings is 1. The van der Waals surface area contributed by atoms with E-state index in [2.05, 4.69) is 4.98 Å². The minimum Gasteiger partial charge on any atom is -0.383 e. The second kappa shape index (κ2) is 9.46. The molecule has 2 amide bonds. The normalized spacial score (nSPS) is 19.1. The number of nitrogens with zero attached hydrogens (tertiary/aromatic N) is 3. The molecule has 0 bridgehead atoms. The number of benzene rings is 1. The maximum absolute atomic E-state index is 13.2. The highest BCUT2D eigenvalue weighted by molar-refractivity contribution is 5.90. The highest BCUT2D eigenvalue weighted by Crippen LogP contribution is 2.38. The van der Waals surface area contributed by atoms with E-state index in [1.165, 1.54) is 0 Å². The number of aromatic nitrogens is 1. The van der Waals surface area contributed by atoms with Gasteiger partial charge < -0.3 is 14.5 Å². The number of ether oxygens (including phenoxy) is 1. The summed E-state index contributed by atoms with van der Waals surface area (Å²) < 4.78 is 5.17. The Hall–Kier alpha value is -2.73. The molecule has 1 aliphatic heterocycles. The molecule has 6 heteroatoms. The highest BCUT2D eigenvalue weighted by atomic mass is 16.5. The molecular weight excluding hydrogens is 354 g/mol. The summed E-state index contributed by atoms with van der Waals surface area (Å²) in [4.78, 5) is 33.4. The molecule has 0 spiro atoms. The van der Waals surface area contributed by atoms with Gasteiger partial charge in [-0.3, -0.25) is 14.6 Å². The molecule has 1 aromatic heterocycles. The monoisotopic (exact) mass is 381 g/mol. The predicted molar refractivity (Wildman–Crippen MR) is 106 cm³/mol. The summed E-state index contributed by atoms with van der Waals surface area (Å²) in [7, 11) is 3.43. The number of amides is 2. The van der Waals surface area contributed by atoms with Gasteiger partial charge in [-0.15, -0.1) is 0 Å². The Kier molecular flexibility index (Phi) is 6.76. The molecule has 6 nitrogen and oxygen atoms in total. The Morgan fingerprint density at radius 1 is 1.21 bits per heavy atom. The standard InChI is InChI=1S/C22H27N3O3/c1-24(13-10-17-8-11-23-12-9-17)22(27)19-16-20(26)25(14-15-28-2)21(19)18-6-4-3-5-7-18/h3-9,11-12,19,21H,10,13-16H2,1-2H3/t19-,21+/m1/s1. The van der Waals surface area contributed by atoms with Crippen molar-refractivity contribution in [3.8, 4) is 0 Å². The number of methoxy groups -OCH3 is 1. The summed E-state index contributed by atoms with van der Waals surface area (Å²) in [5.41, 5.74) is 2.13. The topological polar surface area (TPSA) is 62.7 Å². The van der Waals surface area contributed by atoms with Crippen LogP contribution in [0.3, 0.4) is 0 Å².